The molecule has 6 nitrogen and oxygen atoms in total. The Hall–Kier alpha value is -2.57. The highest BCUT2D eigenvalue weighted by atomic mass is 16.3. The van der Waals surface area contributed by atoms with Crippen LogP contribution in [0.4, 0.5) is 5.69 Å². The lowest BCUT2D eigenvalue weighted by Crippen LogP contribution is -2.30. The number of hydrogen-bond donors (Lipinski definition) is 5. The van der Waals surface area contributed by atoms with Gasteiger partial charge in [-0.05, 0) is 49.6 Å². The van der Waals surface area contributed by atoms with Crippen molar-refractivity contribution >= 4 is 11.6 Å². The second kappa shape index (κ2) is 10.5. The molecule has 1 amide bonds. The molecule has 2 unspecified atom stereocenters. The average Bonchev–Trinajstić information content (AvgIpc) is 2.66. The number of carbonyl (C=O) groups is 1. The van der Waals surface area contributed by atoms with Crippen molar-refractivity contribution in [3.63, 3.8) is 0 Å². The summed E-state index contributed by atoms with van der Waals surface area (Å²) in [6, 6.07) is 14.8. The predicted molar refractivity (Wildman–Crippen MR) is 108 cm³/mol. The quantitative estimate of drug-likeness (QED) is 0.390. The van der Waals surface area contributed by atoms with E-state index in [4.69, 9.17) is 5.73 Å². The van der Waals surface area contributed by atoms with E-state index in [0.717, 1.165) is 31.5 Å². The zero-order valence-electron chi connectivity index (χ0n) is 15.7. The number of benzene rings is 2. The van der Waals surface area contributed by atoms with Crippen molar-refractivity contribution in [2.24, 2.45) is 5.73 Å². The fourth-order valence-corrected chi connectivity index (χ4v) is 2.86. The van der Waals surface area contributed by atoms with Gasteiger partial charge in [-0.15, -0.1) is 0 Å². The Labute approximate surface area is 160 Å². The number of aliphatic hydroxyl groups excluding tert-OH is 1. The van der Waals surface area contributed by atoms with Gasteiger partial charge in [-0.2, -0.15) is 0 Å². The van der Waals surface area contributed by atoms with Crippen LogP contribution < -0.4 is 16.4 Å². The van der Waals surface area contributed by atoms with Crippen LogP contribution in [0.1, 0.15) is 48.2 Å². The number of aromatic hydroxyl groups is 1. The molecule has 0 saturated carbocycles. The molecule has 0 radical (unpaired) electrons. The summed E-state index contributed by atoms with van der Waals surface area (Å²) < 4.78 is 0. The summed E-state index contributed by atoms with van der Waals surface area (Å²) in [6.45, 7) is 3.39. The van der Waals surface area contributed by atoms with E-state index >= 15 is 0 Å². The molecule has 6 N–H and O–H groups in total. The number of hydrogen-bond acceptors (Lipinski definition) is 5. The molecule has 2 aromatic rings. The van der Waals surface area contributed by atoms with Crippen LogP contribution in [0.2, 0.25) is 0 Å². The SMILES string of the molecule is CC(CCCCNc1ccccc1)NCC(O)c1ccc(O)c(C(N)=O)c1. The smallest absolute Gasteiger partial charge is 0.252 e. The first-order valence-electron chi connectivity index (χ1n) is 9.30. The lowest BCUT2D eigenvalue weighted by Gasteiger charge is -2.18. The van der Waals surface area contributed by atoms with Crippen LogP contribution >= 0.6 is 0 Å². The van der Waals surface area contributed by atoms with Crippen LogP contribution in [-0.2, 0) is 0 Å². The Kier molecular flexibility index (Phi) is 8.10. The van der Waals surface area contributed by atoms with Gasteiger partial charge in [-0.1, -0.05) is 30.7 Å². The maximum absolute atomic E-state index is 11.3. The number of amides is 1. The van der Waals surface area contributed by atoms with Crippen molar-refractivity contribution < 1.29 is 15.0 Å². The number of unbranched alkanes of at least 4 members (excludes halogenated alkanes) is 1. The number of carbonyl (C=O) groups excluding carboxylic acids is 1. The molecule has 0 bridgehead atoms. The minimum Gasteiger partial charge on any atom is -0.507 e. The molecule has 0 aliphatic heterocycles. The molecule has 0 saturated heterocycles. The number of rotatable bonds is 11. The van der Waals surface area contributed by atoms with Crippen molar-refractivity contribution in [3.05, 3.63) is 59.7 Å². The summed E-state index contributed by atoms with van der Waals surface area (Å²) >= 11 is 0. The largest absolute Gasteiger partial charge is 0.507 e. The van der Waals surface area contributed by atoms with Gasteiger partial charge in [0.2, 0.25) is 0 Å². The maximum Gasteiger partial charge on any atom is 0.252 e. The fraction of sp³-hybridized carbons (Fsp3) is 0.381. The van der Waals surface area contributed by atoms with Crippen LogP contribution in [0.25, 0.3) is 0 Å². The molecular formula is C21H29N3O3. The van der Waals surface area contributed by atoms with Gasteiger partial charge in [0.1, 0.15) is 5.75 Å². The van der Waals surface area contributed by atoms with Crippen molar-refractivity contribution in [1.82, 2.24) is 5.32 Å². The topological polar surface area (TPSA) is 108 Å². The summed E-state index contributed by atoms with van der Waals surface area (Å²) in [5, 5.41) is 26.6. The van der Waals surface area contributed by atoms with Crippen LogP contribution in [0.15, 0.2) is 48.5 Å². The van der Waals surface area contributed by atoms with Gasteiger partial charge < -0.3 is 26.6 Å². The highest BCUT2D eigenvalue weighted by Gasteiger charge is 2.14. The molecule has 2 aromatic carbocycles. The minimum atomic E-state index is -0.772. The van der Waals surface area contributed by atoms with Gasteiger partial charge >= 0.3 is 0 Å². The second-order valence-corrected chi connectivity index (χ2v) is 6.75. The molecule has 2 atom stereocenters. The number of phenols is 1. The molecule has 0 aliphatic rings. The highest BCUT2D eigenvalue weighted by Crippen LogP contribution is 2.22. The van der Waals surface area contributed by atoms with Crippen molar-refractivity contribution in [1.29, 1.82) is 0 Å². The number of nitrogens with two attached hydrogens (primary N) is 1. The van der Waals surface area contributed by atoms with Crippen molar-refractivity contribution in [2.75, 3.05) is 18.4 Å². The summed E-state index contributed by atoms with van der Waals surface area (Å²) in [4.78, 5) is 11.3. The van der Waals surface area contributed by atoms with Gasteiger partial charge in [-0.25, -0.2) is 0 Å². The summed E-state index contributed by atoms with van der Waals surface area (Å²) in [7, 11) is 0. The van der Waals surface area contributed by atoms with E-state index < -0.39 is 12.0 Å². The van der Waals surface area contributed by atoms with Crippen LogP contribution in [0.5, 0.6) is 5.75 Å². The number of aliphatic hydroxyl groups is 1. The Balaban J connectivity index is 1.66. The van der Waals surface area contributed by atoms with E-state index in [1.165, 1.54) is 12.1 Å². The van der Waals surface area contributed by atoms with Gasteiger partial charge in [0.25, 0.3) is 5.91 Å². The van der Waals surface area contributed by atoms with E-state index in [9.17, 15) is 15.0 Å². The number of primary amides is 1. The summed E-state index contributed by atoms with van der Waals surface area (Å²) in [5.74, 6) is -0.893. The van der Waals surface area contributed by atoms with E-state index in [1.54, 1.807) is 6.07 Å². The first kappa shape index (κ1) is 20.7. The first-order valence-corrected chi connectivity index (χ1v) is 9.30. The van der Waals surface area contributed by atoms with Gasteiger partial charge in [0.05, 0.1) is 11.7 Å². The Morgan fingerprint density at radius 3 is 2.59 bits per heavy atom. The van der Waals surface area contributed by atoms with Crippen molar-refractivity contribution in [2.45, 2.75) is 38.3 Å². The number of para-hydroxylation sites is 1. The molecule has 2 rings (SSSR count). The molecule has 6 heteroatoms. The lowest BCUT2D eigenvalue weighted by molar-refractivity contribution is 0.0997. The van der Waals surface area contributed by atoms with E-state index in [0.29, 0.717) is 12.1 Å². The molecule has 27 heavy (non-hydrogen) atoms. The third-order valence-corrected chi connectivity index (χ3v) is 4.50. The molecule has 0 spiro atoms. The molecule has 0 fully saturated rings. The van der Waals surface area contributed by atoms with Crippen LogP contribution in [0, 0.1) is 0 Å². The molecular weight excluding hydrogens is 342 g/mol. The molecule has 0 aromatic heterocycles. The van der Waals surface area contributed by atoms with Crippen LogP contribution in [0.3, 0.4) is 0 Å². The highest BCUT2D eigenvalue weighted by molar-refractivity contribution is 5.95. The predicted octanol–water partition coefficient (Wildman–Crippen LogP) is 2.79. The summed E-state index contributed by atoms with van der Waals surface area (Å²) in [6.07, 6.45) is 2.38. The van der Waals surface area contributed by atoms with Gasteiger partial charge in [-0.3, -0.25) is 4.79 Å². The van der Waals surface area contributed by atoms with Crippen molar-refractivity contribution in [3.8, 4) is 5.75 Å². The zero-order chi connectivity index (χ0) is 19.6. The van der Waals surface area contributed by atoms with Crippen LogP contribution in [-0.4, -0.2) is 35.3 Å². The van der Waals surface area contributed by atoms with E-state index in [-0.39, 0.29) is 17.4 Å². The third-order valence-electron chi connectivity index (χ3n) is 4.50. The maximum atomic E-state index is 11.3. The summed E-state index contributed by atoms with van der Waals surface area (Å²) in [5.41, 5.74) is 6.92. The lowest BCUT2D eigenvalue weighted by atomic mass is 10.0. The molecule has 0 heterocycles. The Bertz CT molecular complexity index is 722. The van der Waals surface area contributed by atoms with Gasteiger partial charge in [0.15, 0.2) is 0 Å². The number of anilines is 1. The average molecular weight is 371 g/mol. The number of nitrogens with one attached hydrogen (secondary N) is 2. The standard InChI is InChI=1S/C21H29N3O3/c1-15(7-5-6-12-23-17-8-3-2-4-9-17)24-14-20(26)16-10-11-19(25)18(13-16)21(22)27/h2-4,8-11,13,15,20,23-26H,5-7,12,14H2,1H3,(H2,22,27). The Morgan fingerprint density at radius 1 is 1.15 bits per heavy atom. The van der Waals surface area contributed by atoms with E-state index in [2.05, 4.69) is 29.7 Å². The van der Waals surface area contributed by atoms with E-state index in [1.807, 2.05) is 18.2 Å². The third kappa shape index (κ3) is 6.92. The normalized spacial score (nSPS) is 13.1. The Morgan fingerprint density at radius 2 is 1.89 bits per heavy atom. The fourth-order valence-electron chi connectivity index (χ4n) is 2.86. The zero-order valence-corrected chi connectivity index (χ0v) is 15.7. The first-order chi connectivity index (χ1) is 13.0. The van der Waals surface area contributed by atoms with Gasteiger partial charge in [0, 0.05) is 24.8 Å². The second-order valence-electron chi connectivity index (χ2n) is 6.75. The molecule has 0 aliphatic carbocycles. The monoisotopic (exact) mass is 371 g/mol. The molecule has 146 valence electrons. The minimum absolute atomic E-state index is 0.0190.